The summed E-state index contributed by atoms with van der Waals surface area (Å²) in [4.78, 5) is 6.07. The summed E-state index contributed by atoms with van der Waals surface area (Å²) in [6.07, 6.45) is 3.29. The first-order valence-electron chi connectivity index (χ1n) is 6.40. The minimum atomic E-state index is -0.00148. The Hall–Kier alpha value is -2.40. The van der Waals surface area contributed by atoms with Crippen LogP contribution in [0.3, 0.4) is 0 Å². The van der Waals surface area contributed by atoms with Crippen LogP contribution in [0.5, 0.6) is 0 Å². The van der Waals surface area contributed by atoms with Gasteiger partial charge in [-0.15, -0.1) is 0 Å². The second-order valence-electron chi connectivity index (χ2n) is 4.44. The standard InChI is InChI=1S/C15H18N4O/c16-15(17)13-6-7-18-10-14(13)19(8-9-20)11-12-4-2-1-3-5-12/h1-7,10,20H,8-9,11H2,(H3,16,17). The smallest absolute Gasteiger partial charge is 0.125 e. The Morgan fingerprint density at radius 2 is 2.00 bits per heavy atom. The molecule has 0 amide bonds. The maximum atomic E-state index is 9.26. The fraction of sp³-hybridized carbons (Fsp3) is 0.200. The van der Waals surface area contributed by atoms with E-state index in [4.69, 9.17) is 11.1 Å². The molecule has 0 aliphatic carbocycles. The number of aromatic nitrogens is 1. The van der Waals surface area contributed by atoms with Crippen LogP contribution < -0.4 is 10.6 Å². The molecular weight excluding hydrogens is 252 g/mol. The van der Waals surface area contributed by atoms with Crippen molar-refractivity contribution < 1.29 is 5.11 Å². The van der Waals surface area contributed by atoms with Crippen molar-refractivity contribution in [3.63, 3.8) is 0 Å². The maximum absolute atomic E-state index is 9.26. The van der Waals surface area contributed by atoms with Crippen molar-refractivity contribution in [1.82, 2.24) is 4.98 Å². The first-order valence-corrected chi connectivity index (χ1v) is 6.40. The zero-order valence-electron chi connectivity index (χ0n) is 11.2. The Kier molecular flexibility index (Phi) is 4.68. The van der Waals surface area contributed by atoms with Crippen LogP contribution in [-0.4, -0.2) is 29.1 Å². The van der Waals surface area contributed by atoms with Crippen molar-refractivity contribution in [2.24, 2.45) is 5.73 Å². The van der Waals surface area contributed by atoms with E-state index < -0.39 is 0 Å². The number of nitrogens with one attached hydrogen (secondary N) is 1. The molecule has 1 aromatic heterocycles. The van der Waals surface area contributed by atoms with Crippen molar-refractivity contribution in [3.05, 3.63) is 59.9 Å². The first kappa shape index (κ1) is 14.0. The Bertz CT molecular complexity index is 571. The number of hydrogen-bond donors (Lipinski definition) is 3. The molecule has 4 N–H and O–H groups in total. The van der Waals surface area contributed by atoms with Crippen LogP contribution in [0.15, 0.2) is 48.8 Å². The molecular formula is C15H18N4O. The molecule has 5 heteroatoms. The Morgan fingerprint density at radius 1 is 1.25 bits per heavy atom. The molecule has 1 heterocycles. The number of aliphatic hydroxyl groups excluding tert-OH is 1. The summed E-state index contributed by atoms with van der Waals surface area (Å²) in [7, 11) is 0. The van der Waals surface area contributed by atoms with Gasteiger partial charge in [-0.3, -0.25) is 10.4 Å². The zero-order valence-corrected chi connectivity index (χ0v) is 11.2. The highest BCUT2D eigenvalue weighted by Gasteiger charge is 2.13. The molecule has 2 aromatic rings. The van der Waals surface area contributed by atoms with Crippen molar-refractivity contribution in [2.75, 3.05) is 18.1 Å². The van der Waals surface area contributed by atoms with E-state index in [1.54, 1.807) is 18.5 Å². The summed E-state index contributed by atoms with van der Waals surface area (Å²) in [5, 5.41) is 16.9. The van der Waals surface area contributed by atoms with Gasteiger partial charge in [0.05, 0.1) is 18.5 Å². The van der Waals surface area contributed by atoms with Crippen molar-refractivity contribution in [1.29, 1.82) is 5.41 Å². The highest BCUT2D eigenvalue weighted by atomic mass is 16.3. The van der Waals surface area contributed by atoms with Gasteiger partial charge in [0.2, 0.25) is 0 Å². The first-order chi connectivity index (χ1) is 9.72. The molecule has 0 fully saturated rings. The Labute approximate surface area is 118 Å². The van der Waals surface area contributed by atoms with Crippen LogP contribution in [0.25, 0.3) is 0 Å². The topological polar surface area (TPSA) is 86.2 Å². The lowest BCUT2D eigenvalue weighted by molar-refractivity contribution is 0.301. The van der Waals surface area contributed by atoms with Crippen molar-refractivity contribution in [2.45, 2.75) is 6.54 Å². The minimum absolute atomic E-state index is 0.00148. The van der Waals surface area contributed by atoms with Crippen LogP contribution in [0, 0.1) is 5.41 Å². The van der Waals surface area contributed by atoms with Gasteiger partial charge >= 0.3 is 0 Å². The van der Waals surface area contributed by atoms with Crippen LogP contribution in [0.4, 0.5) is 5.69 Å². The number of hydrogen-bond acceptors (Lipinski definition) is 4. The third-order valence-electron chi connectivity index (χ3n) is 3.02. The lowest BCUT2D eigenvalue weighted by atomic mass is 10.1. The molecule has 2 rings (SSSR count). The molecule has 0 saturated carbocycles. The molecule has 0 radical (unpaired) electrons. The molecule has 5 nitrogen and oxygen atoms in total. The number of pyridine rings is 1. The largest absolute Gasteiger partial charge is 0.395 e. The minimum Gasteiger partial charge on any atom is -0.395 e. The summed E-state index contributed by atoms with van der Waals surface area (Å²) in [6.45, 7) is 1.12. The quantitative estimate of drug-likeness (QED) is 0.546. The monoisotopic (exact) mass is 270 g/mol. The highest BCUT2D eigenvalue weighted by molar-refractivity contribution is 6.00. The van der Waals surface area contributed by atoms with Crippen molar-refractivity contribution >= 4 is 11.5 Å². The maximum Gasteiger partial charge on any atom is 0.125 e. The van der Waals surface area contributed by atoms with Gasteiger partial charge in [-0.1, -0.05) is 30.3 Å². The second kappa shape index (κ2) is 6.68. The van der Waals surface area contributed by atoms with Gasteiger partial charge in [0.1, 0.15) is 5.84 Å². The van der Waals surface area contributed by atoms with Gasteiger partial charge in [0.25, 0.3) is 0 Å². The van der Waals surface area contributed by atoms with Crippen molar-refractivity contribution in [3.8, 4) is 0 Å². The van der Waals surface area contributed by atoms with E-state index in [1.165, 1.54) is 0 Å². The van der Waals surface area contributed by atoms with E-state index in [1.807, 2.05) is 35.2 Å². The summed E-state index contributed by atoms with van der Waals surface area (Å²) < 4.78 is 0. The number of nitrogens with two attached hydrogens (primary N) is 1. The van der Waals surface area contributed by atoms with Gasteiger partial charge in [0.15, 0.2) is 0 Å². The Balaban J connectivity index is 2.31. The number of aliphatic hydroxyl groups is 1. The lowest BCUT2D eigenvalue weighted by Gasteiger charge is -2.25. The molecule has 0 aliphatic heterocycles. The van der Waals surface area contributed by atoms with E-state index >= 15 is 0 Å². The molecule has 0 aliphatic rings. The van der Waals surface area contributed by atoms with E-state index in [0.29, 0.717) is 18.7 Å². The normalized spacial score (nSPS) is 10.2. The number of nitrogen functional groups attached to an aromatic ring is 1. The molecule has 104 valence electrons. The second-order valence-corrected chi connectivity index (χ2v) is 4.44. The van der Waals surface area contributed by atoms with E-state index in [-0.39, 0.29) is 12.4 Å². The van der Waals surface area contributed by atoms with Crippen LogP contribution >= 0.6 is 0 Å². The average Bonchev–Trinajstić information content (AvgIpc) is 2.48. The molecule has 0 spiro atoms. The lowest BCUT2D eigenvalue weighted by Crippen LogP contribution is -2.29. The van der Waals surface area contributed by atoms with Gasteiger partial charge in [-0.2, -0.15) is 0 Å². The highest BCUT2D eigenvalue weighted by Crippen LogP contribution is 2.20. The zero-order chi connectivity index (χ0) is 14.4. The number of rotatable bonds is 6. The summed E-state index contributed by atoms with van der Waals surface area (Å²) >= 11 is 0. The predicted molar refractivity (Wildman–Crippen MR) is 79.8 cm³/mol. The number of benzene rings is 1. The number of nitrogens with zero attached hydrogens (tertiary/aromatic N) is 2. The van der Waals surface area contributed by atoms with Gasteiger partial charge in [-0.25, -0.2) is 0 Å². The predicted octanol–water partition coefficient (Wildman–Crippen LogP) is 1.36. The van der Waals surface area contributed by atoms with E-state index in [9.17, 15) is 5.11 Å². The van der Waals surface area contributed by atoms with Crippen LogP contribution in [-0.2, 0) is 6.54 Å². The fourth-order valence-corrected chi connectivity index (χ4v) is 2.08. The molecule has 0 unspecified atom stereocenters. The number of amidine groups is 1. The van der Waals surface area contributed by atoms with Gasteiger partial charge < -0.3 is 15.7 Å². The summed E-state index contributed by atoms with van der Waals surface area (Å²) in [5.74, 6) is -0.00148. The third-order valence-corrected chi connectivity index (χ3v) is 3.02. The molecule has 1 aromatic carbocycles. The van der Waals surface area contributed by atoms with Crippen LogP contribution in [0.1, 0.15) is 11.1 Å². The molecule has 20 heavy (non-hydrogen) atoms. The molecule has 0 bridgehead atoms. The third kappa shape index (κ3) is 3.33. The SMILES string of the molecule is N=C(N)c1ccncc1N(CCO)Cc1ccccc1. The fourth-order valence-electron chi connectivity index (χ4n) is 2.08. The van der Waals surface area contributed by atoms with Gasteiger partial charge in [0, 0.05) is 24.8 Å². The van der Waals surface area contributed by atoms with E-state index in [0.717, 1.165) is 11.3 Å². The summed E-state index contributed by atoms with van der Waals surface area (Å²) in [5.41, 5.74) is 8.12. The molecule has 0 atom stereocenters. The number of anilines is 1. The van der Waals surface area contributed by atoms with Gasteiger partial charge in [-0.05, 0) is 11.6 Å². The van der Waals surface area contributed by atoms with Crippen LogP contribution in [0.2, 0.25) is 0 Å². The average molecular weight is 270 g/mol. The van der Waals surface area contributed by atoms with E-state index in [2.05, 4.69) is 4.98 Å². The molecule has 0 saturated heterocycles. The summed E-state index contributed by atoms with van der Waals surface area (Å²) in [6, 6.07) is 11.7. The Morgan fingerprint density at radius 3 is 2.65 bits per heavy atom.